The van der Waals surface area contributed by atoms with Crippen molar-refractivity contribution < 1.29 is 9.21 Å². The van der Waals surface area contributed by atoms with E-state index in [0.717, 1.165) is 29.8 Å². The van der Waals surface area contributed by atoms with E-state index >= 15 is 0 Å². The molecule has 3 heterocycles. The molecular weight excluding hydrogens is 330 g/mol. The summed E-state index contributed by atoms with van der Waals surface area (Å²) in [5, 5.41) is 12.8. The molecule has 1 unspecified atom stereocenters. The minimum atomic E-state index is -0.290. The number of para-hydroxylation sites is 1. The number of aryl methyl sites for hydroxylation is 2. The Bertz CT molecular complexity index is 982. The Labute approximate surface area is 150 Å². The van der Waals surface area contributed by atoms with Crippen LogP contribution in [0.5, 0.6) is 0 Å². The van der Waals surface area contributed by atoms with Crippen LogP contribution < -0.4 is 4.90 Å². The van der Waals surface area contributed by atoms with Crippen molar-refractivity contribution in [2.45, 2.75) is 38.1 Å². The topological polar surface area (TPSA) is 77.1 Å². The van der Waals surface area contributed by atoms with Gasteiger partial charge in [0.1, 0.15) is 6.04 Å². The summed E-state index contributed by atoms with van der Waals surface area (Å²) in [4.78, 5) is 15.0. The average molecular weight is 349 g/mol. The maximum Gasteiger partial charge on any atom is 0.279 e. The summed E-state index contributed by atoms with van der Waals surface area (Å²) >= 11 is 0. The first-order chi connectivity index (χ1) is 12.6. The summed E-state index contributed by atoms with van der Waals surface area (Å²) in [6.45, 7) is 1.93. The number of nitrogens with zero attached hydrogens (tertiary/aromatic N) is 5. The molecule has 1 aromatic carbocycles. The number of carbonyl (C=O) groups excluding carboxylic acids is 1. The van der Waals surface area contributed by atoms with Crippen LogP contribution >= 0.6 is 0 Å². The third kappa shape index (κ3) is 2.34. The van der Waals surface area contributed by atoms with E-state index in [2.05, 4.69) is 15.3 Å². The number of amides is 1. The zero-order valence-corrected chi connectivity index (χ0v) is 14.7. The van der Waals surface area contributed by atoms with Crippen molar-refractivity contribution in [2.75, 3.05) is 4.90 Å². The van der Waals surface area contributed by atoms with Crippen LogP contribution in [-0.4, -0.2) is 25.9 Å². The van der Waals surface area contributed by atoms with E-state index in [1.807, 2.05) is 44.3 Å². The van der Waals surface area contributed by atoms with Gasteiger partial charge in [-0.1, -0.05) is 18.2 Å². The second-order valence-electron chi connectivity index (χ2n) is 7.07. The fourth-order valence-electron chi connectivity index (χ4n) is 3.50. The highest BCUT2D eigenvalue weighted by Gasteiger charge is 2.40. The van der Waals surface area contributed by atoms with Crippen LogP contribution in [0.4, 0.5) is 5.69 Å². The van der Waals surface area contributed by atoms with E-state index in [4.69, 9.17) is 4.42 Å². The SMILES string of the molecule is Cc1cc(C(=O)N2c3ccccc3CC2c2nnc(C3CC3)o2)nn1C. The summed E-state index contributed by atoms with van der Waals surface area (Å²) in [5.41, 5.74) is 3.35. The summed E-state index contributed by atoms with van der Waals surface area (Å²) < 4.78 is 7.64. The number of benzene rings is 1. The molecule has 1 fully saturated rings. The Kier molecular flexibility index (Phi) is 3.25. The first kappa shape index (κ1) is 15.3. The first-order valence-electron chi connectivity index (χ1n) is 8.87. The quantitative estimate of drug-likeness (QED) is 0.726. The van der Waals surface area contributed by atoms with Gasteiger partial charge >= 0.3 is 0 Å². The van der Waals surface area contributed by atoms with Crippen molar-refractivity contribution in [1.82, 2.24) is 20.0 Å². The van der Waals surface area contributed by atoms with Gasteiger partial charge in [0.25, 0.3) is 5.91 Å². The van der Waals surface area contributed by atoms with Crippen molar-refractivity contribution >= 4 is 11.6 Å². The fourth-order valence-corrected chi connectivity index (χ4v) is 3.50. The fraction of sp³-hybridized carbons (Fsp3) is 0.368. The molecule has 26 heavy (non-hydrogen) atoms. The monoisotopic (exact) mass is 349 g/mol. The standard InChI is InChI=1S/C19H19N5O2/c1-11-9-14(22-23(11)2)19(25)24-15-6-4-3-5-13(15)10-16(24)18-21-20-17(26-18)12-7-8-12/h3-6,9,12,16H,7-8,10H2,1-2H3. The van der Waals surface area contributed by atoms with Gasteiger partial charge in [0.05, 0.1) is 0 Å². The van der Waals surface area contributed by atoms with Crippen molar-refractivity contribution in [3.8, 4) is 0 Å². The van der Waals surface area contributed by atoms with Gasteiger partial charge in [-0.05, 0) is 37.5 Å². The number of aromatic nitrogens is 4. The molecule has 3 aromatic rings. The highest BCUT2D eigenvalue weighted by molar-refractivity contribution is 6.06. The van der Waals surface area contributed by atoms with E-state index in [0.29, 0.717) is 29.8 Å². The van der Waals surface area contributed by atoms with Gasteiger partial charge in [0.2, 0.25) is 11.8 Å². The lowest BCUT2D eigenvalue weighted by molar-refractivity contribution is 0.0970. The Morgan fingerprint density at radius 2 is 1.96 bits per heavy atom. The van der Waals surface area contributed by atoms with Crippen LogP contribution in [0.3, 0.4) is 0 Å². The van der Waals surface area contributed by atoms with E-state index in [1.165, 1.54) is 0 Å². The van der Waals surface area contributed by atoms with Gasteiger partial charge in [-0.3, -0.25) is 14.4 Å². The lowest BCUT2D eigenvalue weighted by Crippen LogP contribution is -2.32. The second-order valence-corrected chi connectivity index (χ2v) is 7.07. The van der Waals surface area contributed by atoms with E-state index in [9.17, 15) is 4.79 Å². The summed E-state index contributed by atoms with van der Waals surface area (Å²) in [5.74, 6) is 1.44. The summed E-state index contributed by atoms with van der Waals surface area (Å²) in [6.07, 6.45) is 2.87. The number of hydrogen-bond acceptors (Lipinski definition) is 5. The molecule has 1 amide bonds. The third-order valence-corrected chi connectivity index (χ3v) is 5.20. The normalized spacial score (nSPS) is 19.0. The zero-order chi connectivity index (χ0) is 17.8. The number of anilines is 1. The maximum absolute atomic E-state index is 13.3. The van der Waals surface area contributed by atoms with Crippen LogP contribution in [0.1, 0.15) is 58.3 Å². The molecule has 0 bridgehead atoms. The van der Waals surface area contributed by atoms with Gasteiger partial charge < -0.3 is 4.42 Å². The Balaban J connectivity index is 1.56. The maximum atomic E-state index is 13.3. The van der Waals surface area contributed by atoms with Crippen LogP contribution in [0, 0.1) is 6.92 Å². The van der Waals surface area contributed by atoms with Crippen molar-refractivity contribution in [2.24, 2.45) is 7.05 Å². The highest BCUT2D eigenvalue weighted by Crippen LogP contribution is 2.43. The van der Waals surface area contributed by atoms with Crippen LogP contribution in [0.2, 0.25) is 0 Å². The van der Waals surface area contributed by atoms with E-state index < -0.39 is 0 Å². The number of hydrogen-bond donors (Lipinski definition) is 0. The minimum absolute atomic E-state index is 0.144. The molecule has 1 aliphatic carbocycles. The van der Waals surface area contributed by atoms with Crippen molar-refractivity contribution in [3.63, 3.8) is 0 Å². The van der Waals surface area contributed by atoms with Crippen LogP contribution in [0.15, 0.2) is 34.7 Å². The number of rotatable bonds is 3. The molecule has 5 rings (SSSR count). The number of fused-ring (bicyclic) bond motifs is 1. The van der Waals surface area contributed by atoms with Gasteiger partial charge in [-0.25, -0.2) is 0 Å². The Morgan fingerprint density at radius 3 is 2.69 bits per heavy atom. The molecular formula is C19H19N5O2. The molecule has 7 nitrogen and oxygen atoms in total. The first-order valence-corrected chi connectivity index (χ1v) is 8.87. The van der Waals surface area contributed by atoms with Gasteiger partial charge in [0.15, 0.2) is 5.69 Å². The van der Waals surface area contributed by atoms with Gasteiger partial charge in [-0.2, -0.15) is 5.10 Å². The van der Waals surface area contributed by atoms with Crippen molar-refractivity contribution in [1.29, 1.82) is 0 Å². The molecule has 7 heteroatoms. The lowest BCUT2D eigenvalue weighted by atomic mass is 10.1. The molecule has 1 aliphatic heterocycles. The van der Waals surface area contributed by atoms with Gasteiger partial charge in [-0.15, -0.1) is 10.2 Å². The van der Waals surface area contributed by atoms with Crippen molar-refractivity contribution in [3.05, 3.63) is 59.1 Å². The zero-order valence-electron chi connectivity index (χ0n) is 14.7. The molecule has 132 valence electrons. The average Bonchev–Trinajstić information content (AvgIpc) is 3.11. The minimum Gasteiger partial charge on any atom is -0.423 e. The van der Waals surface area contributed by atoms with E-state index in [-0.39, 0.29) is 11.9 Å². The molecule has 1 saturated carbocycles. The predicted octanol–water partition coefficient (Wildman–Crippen LogP) is 2.93. The molecule has 0 radical (unpaired) electrons. The third-order valence-electron chi connectivity index (χ3n) is 5.20. The molecule has 1 atom stereocenters. The largest absolute Gasteiger partial charge is 0.423 e. The highest BCUT2D eigenvalue weighted by atomic mass is 16.4. The molecule has 2 aromatic heterocycles. The smallest absolute Gasteiger partial charge is 0.279 e. The van der Waals surface area contributed by atoms with E-state index in [1.54, 1.807) is 9.58 Å². The molecule has 2 aliphatic rings. The summed E-state index contributed by atoms with van der Waals surface area (Å²) in [6, 6.07) is 9.44. The summed E-state index contributed by atoms with van der Waals surface area (Å²) in [7, 11) is 1.83. The number of carbonyl (C=O) groups is 1. The Morgan fingerprint density at radius 1 is 1.19 bits per heavy atom. The van der Waals surface area contributed by atoms with Crippen LogP contribution in [-0.2, 0) is 13.5 Å². The molecule has 0 N–H and O–H groups in total. The predicted molar refractivity (Wildman–Crippen MR) is 93.9 cm³/mol. The molecule has 0 spiro atoms. The van der Waals surface area contributed by atoms with Gasteiger partial charge in [0, 0.05) is 30.8 Å². The van der Waals surface area contributed by atoms with Crippen LogP contribution in [0.25, 0.3) is 0 Å². The molecule has 0 saturated heterocycles. The lowest BCUT2D eigenvalue weighted by Gasteiger charge is -2.22. The second kappa shape index (κ2) is 5.52. The Hall–Kier alpha value is -2.96.